The van der Waals surface area contributed by atoms with Gasteiger partial charge in [0, 0.05) is 6.54 Å². The fourth-order valence-corrected chi connectivity index (χ4v) is 1.42. The van der Waals surface area contributed by atoms with Gasteiger partial charge in [0.2, 0.25) is 5.69 Å². The van der Waals surface area contributed by atoms with E-state index in [1.165, 1.54) is 0 Å². The Bertz CT molecular complexity index is 439. The third-order valence-corrected chi connectivity index (χ3v) is 2.94. The number of carbonyl (C=O) groups excluding carboxylic acids is 1. The Hall–Kier alpha value is -1.96. The van der Waals surface area contributed by atoms with Gasteiger partial charge in [-0.15, -0.1) is 0 Å². The topological polar surface area (TPSA) is 121 Å². The smallest absolute Gasteiger partial charge is 0.319 e. The summed E-state index contributed by atoms with van der Waals surface area (Å²) in [6.07, 6.45) is 1.93. The molecule has 0 saturated carbocycles. The Morgan fingerprint density at radius 3 is 2.72 bits per heavy atom. The maximum atomic E-state index is 11.7. The van der Waals surface area contributed by atoms with Crippen LogP contribution in [0.2, 0.25) is 0 Å². The molecule has 0 aromatic carbocycles. The second-order valence-electron chi connectivity index (χ2n) is 4.00. The molecule has 1 rings (SSSR count). The number of nitrogens with one attached hydrogen (secondary N) is 2. The highest BCUT2D eigenvalue weighted by molar-refractivity contribution is 5.95. The highest BCUT2D eigenvalue weighted by atomic mass is 16.6. The first-order valence-corrected chi connectivity index (χ1v) is 5.62. The van der Waals surface area contributed by atoms with Gasteiger partial charge in [-0.3, -0.25) is 20.0 Å². The summed E-state index contributed by atoms with van der Waals surface area (Å²) in [6, 6.07) is 0. The Kier molecular flexibility index (Phi) is 4.38. The molecule has 1 amide bonds. The van der Waals surface area contributed by atoms with Crippen LogP contribution in [0.25, 0.3) is 0 Å². The molecule has 0 aliphatic rings. The summed E-state index contributed by atoms with van der Waals surface area (Å²) >= 11 is 0. The molecule has 8 heteroatoms. The van der Waals surface area contributed by atoms with Crippen molar-refractivity contribution < 1.29 is 14.8 Å². The summed E-state index contributed by atoms with van der Waals surface area (Å²) in [6.45, 7) is 3.64. The first-order chi connectivity index (χ1) is 8.43. The van der Waals surface area contributed by atoms with E-state index in [4.69, 9.17) is 0 Å². The zero-order valence-corrected chi connectivity index (χ0v) is 10.3. The fraction of sp³-hybridized carbons (Fsp3) is 0.600. The summed E-state index contributed by atoms with van der Waals surface area (Å²) in [5.41, 5.74) is -1.59. The van der Waals surface area contributed by atoms with Crippen molar-refractivity contribution in [2.24, 2.45) is 0 Å². The molecule has 8 nitrogen and oxygen atoms in total. The number of aliphatic hydroxyl groups is 1. The molecular weight excluding hydrogens is 240 g/mol. The number of aromatic nitrogens is 2. The third kappa shape index (κ3) is 3.04. The molecular formula is C10H16N4O4. The Morgan fingerprint density at radius 1 is 1.61 bits per heavy atom. The van der Waals surface area contributed by atoms with Crippen LogP contribution in [-0.4, -0.2) is 38.3 Å². The maximum absolute atomic E-state index is 11.7. The van der Waals surface area contributed by atoms with E-state index in [-0.39, 0.29) is 17.9 Å². The molecule has 100 valence electrons. The van der Waals surface area contributed by atoms with Crippen molar-refractivity contribution >= 4 is 11.6 Å². The van der Waals surface area contributed by atoms with E-state index in [1.54, 1.807) is 13.8 Å². The normalized spacial score (nSPS) is 11.3. The van der Waals surface area contributed by atoms with E-state index in [0.717, 1.165) is 6.20 Å². The quantitative estimate of drug-likeness (QED) is 0.508. The van der Waals surface area contributed by atoms with Gasteiger partial charge in [0.1, 0.15) is 6.20 Å². The van der Waals surface area contributed by atoms with Crippen LogP contribution in [0, 0.1) is 10.1 Å². The van der Waals surface area contributed by atoms with Gasteiger partial charge in [-0.1, -0.05) is 13.8 Å². The number of amides is 1. The zero-order valence-electron chi connectivity index (χ0n) is 10.3. The Balaban J connectivity index is 2.72. The maximum Gasteiger partial charge on any atom is 0.319 e. The Morgan fingerprint density at radius 2 is 2.22 bits per heavy atom. The van der Waals surface area contributed by atoms with Crippen molar-refractivity contribution in [3.05, 3.63) is 22.0 Å². The first-order valence-electron chi connectivity index (χ1n) is 5.62. The Labute approximate surface area is 104 Å². The lowest BCUT2D eigenvalue weighted by Crippen LogP contribution is -2.42. The average Bonchev–Trinajstić information content (AvgIpc) is 2.85. The molecule has 1 aromatic heterocycles. The first kappa shape index (κ1) is 14.1. The van der Waals surface area contributed by atoms with Gasteiger partial charge in [0.25, 0.3) is 5.91 Å². The van der Waals surface area contributed by atoms with Crippen LogP contribution in [-0.2, 0) is 0 Å². The predicted octanol–water partition coefficient (Wildman–Crippen LogP) is 0.599. The van der Waals surface area contributed by atoms with Crippen LogP contribution >= 0.6 is 0 Å². The van der Waals surface area contributed by atoms with Gasteiger partial charge < -0.3 is 10.4 Å². The summed E-state index contributed by atoms with van der Waals surface area (Å²) in [7, 11) is 0. The van der Waals surface area contributed by atoms with Crippen molar-refractivity contribution in [1.29, 1.82) is 0 Å². The zero-order chi connectivity index (χ0) is 13.8. The monoisotopic (exact) mass is 256 g/mol. The van der Waals surface area contributed by atoms with Crippen molar-refractivity contribution in [2.75, 3.05) is 6.54 Å². The minimum absolute atomic E-state index is 0.0367. The standard InChI is InChI=1S/C10H16N4O4/c1-3-10(16,4-2)6-11-9(15)8-7(14(17)18)5-12-13-8/h5,16H,3-4,6H2,1-2H3,(H,11,15)(H,12,13). The van der Waals surface area contributed by atoms with Crippen LogP contribution in [0.3, 0.4) is 0 Å². The SMILES string of the molecule is CCC(O)(CC)CNC(=O)c1[nH]ncc1[N+](=O)[O-]. The fourth-order valence-electron chi connectivity index (χ4n) is 1.42. The molecule has 0 spiro atoms. The molecule has 18 heavy (non-hydrogen) atoms. The summed E-state index contributed by atoms with van der Waals surface area (Å²) in [5.74, 6) is -0.653. The summed E-state index contributed by atoms with van der Waals surface area (Å²) in [5, 5.41) is 28.8. The largest absolute Gasteiger partial charge is 0.388 e. The van der Waals surface area contributed by atoms with Gasteiger partial charge in [-0.05, 0) is 12.8 Å². The van der Waals surface area contributed by atoms with E-state index >= 15 is 0 Å². The second-order valence-corrected chi connectivity index (χ2v) is 4.00. The van der Waals surface area contributed by atoms with Gasteiger partial charge in [-0.2, -0.15) is 5.10 Å². The molecule has 0 atom stereocenters. The van der Waals surface area contributed by atoms with Crippen LogP contribution in [0.4, 0.5) is 5.69 Å². The van der Waals surface area contributed by atoms with Crippen molar-refractivity contribution in [3.8, 4) is 0 Å². The van der Waals surface area contributed by atoms with E-state index in [0.29, 0.717) is 12.8 Å². The molecule has 0 saturated heterocycles. The predicted molar refractivity (Wildman–Crippen MR) is 63.1 cm³/mol. The number of nitro groups is 1. The minimum atomic E-state index is -0.996. The molecule has 0 aliphatic heterocycles. The van der Waals surface area contributed by atoms with E-state index in [1.807, 2.05) is 0 Å². The molecule has 1 aromatic rings. The summed E-state index contributed by atoms with van der Waals surface area (Å²) in [4.78, 5) is 21.6. The third-order valence-electron chi connectivity index (χ3n) is 2.94. The van der Waals surface area contributed by atoms with Crippen LogP contribution in [0.15, 0.2) is 6.20 Å². The lowest BCUT2D eigenvalue weighted by atomic mass is 9.97. The molecule has 0 radical (unpaired) electrons. The van der Waals surface area contributed by atoms with Crippen LogP contribution < -0.4 is 5.32 Å². The van der Waals surface area contributed by atoms with Gasteiger partial charge in [-0.25, -0.2) is 0 Å². The number of aromatic amines is 1. The average molecular weight is 256 g/mol. The molecule has 0 fully saturated rings. The van der Waals surface area contributed by atoms with Gasteiger partial charge in [0.05, 0.1) is 10.5 Å². The van der Waals surface area contributed by atoms with Gasteiger partial charge >= 0.3 is 5.69 Å². The number of hydrogen-bond acceptors (Lipinski definition) is 5. The number of hydrogen-bond donors (Lipinski definition) is 3. The van der Waals surface area contributed by atoms with Crippen LogP contribution in [0.5, 0.6) is 0 Å². The van der Waals surface area contributed by atoms with Gasteiger partial charge in [0.15, 0.2) is 0 Å². The minimum Gasteiger partial charge on any atom is -0.388 e. The number of rotatable bonds is 6. The molecule has 0 unspecified atom stereocenters. The lowest BCUT2D eigenvalue weighted by Gasteiger charge is -2.25. The number of nitrogens with zero attached hydrogens (tertiary/aromatic N) is 2. The van der Waals surface area contributed by atoms with Crippen molar-refractivity contribution in [1.82, 2.24) is 15.5 Å². The van der Waals surface area contributed by atoms with Crippen molar-refractivity contribution in [3.63, 3.8) is 0 Å². The van der Waals surface area contributed by atoms with E-state index in [2.05, 4.69) is 15.5 Å². The highest BCUT2D eigenvalue weighted by Crippen LogP contribution is 2.16. The van der Waals surface area contributed by atoms with Crippen LogP contribution in [0.1, 0.15) is 37.2 Å². The number of H-pyrrole nitrogens is 1. The lowest BCUT2D eigenvalue weighted by molar-refractivity contribution is -0.385. The number of carbonyl (C=O) groups is 1. The summed E-state index contributed by atoms with van der Waals surface area (Å²) < 4.78 is 0. The molecule has 1 heterocycles. The molecule has 0 bridgehead atoms. The molecule has 0 aliphatic carbocycles. The van der Waals surface area contributed by atoms with E-state index in [9.17, 15) is 20.0 Å². The molecule has 3 N–H and O–H groups in total. The second kappa shape index (κ2) is 5.58. The van der Waals surface area contributed by atoms with Crippen molar-refractivity contribution in [2.45, 2.75) is 32.3 Å². The highest BCUT2D eigenvalue weighted by Gasteiger charge is 2.26. The van der Waals surface area contributed by atoms with E-state index < -0.39 is 16.4 Å².